The molecule has 3 heterocycles. The molecule has 2 aromatic carbocycles. The fraction of sp³-hybridized carbons (Fsp3) is 0.525. The van der Waals surface area contributed by atoms with E-state index in [1.165, 1.54) is 0 Å². The zero-order valence-corrected chi connectivity index (χ0v) is 33.3. The largest absolute Gasteiger partial charge is 0.448 e. The Morgan fingerprint density at radius 1 is 0.926 bits per heavy atom. The Morgan fingerprint density at radius 2 is 1.57 bits per heavy atom. The first-order chi connectivity index (χ1) is 26.2. The number of hydrogen-bond acceptors (Lipinski definition) is 10. The molecule has 5 rings (SSSR count). The monoisotopic (exact) mass is 777 g/mol. The van der Waals surface area contributed by atoms with Crippen LogP contribution in [0.25, 0.3) is 0 Å². The number of urea groups is 1. The average Bonchev–Trinajstić information content (AvgIpc) is 3.89. The number of amides is 4. The van der Waals surface area contributed by atoms with Crippen LogP contribution in [0.5, 0.6) is 0 Å². The lowest BCUT2D eigenvalue weighted by atomic mass is 9.95. The lowest BCUT2D eigenvalue weighted by molar-refractivity contribution is -0.124. The molecule has 12 nitrogen and oxygen atoms in total. The van der Waals surface area contributed by atoms with Crippen molar-refractivity contribution in [2.45, 2.75) is 81.8 Å². The number of aliphatic imine (C=N–C) groups is 1. The SMILES string of the molecule is CC(C)c1nc(CN(C)C(=O)N[C@H](CCN2CCOCC2)C(=O)N[C@H](CC[C@H](Cc2ccccc2)NC(=O)OCC2CN=CS2)Cc2ccccc2)cs1. The molecule has 3 aromatic rings. The summed E-state index contributed by atoms with van der Waals surface area (Å²) >= 11 is 3.16. The lowest BCUT2D eigenvalue weighted by Gasteiger charge is -2.30. The van der Waals surface area contributed by atoms with E-state index in [-0.39, 0.29) is 35.9 Å². The zero-order valence-electron chi connectivity index (χ0n) is 31.7. The molecule has 0 radical (unpaired) electrons. The molecule has 1 aromatic heterocycles. The number of aromatic nitrogens is 1. The van der Waals surface area contributed by atoms with Crippen LogP contribution in [0.2, 0.25) is 0 Å². The third kappa shape index (κ3) is 14.0. The van der Waals surface area contributed by atoms with Gasteiger partial charge in [-0.1, -0.05) is 74.5 Å². The van der Waals surface area contributed by atoms with E-state index in [0.717, 1.165) is 34.9 Å². The molecule has 54 heavy (non-hydrogen) atoms. The molecule has 3 N–H and O–H groups in total. The quantitative estimate of drug-likeness (QED) is 0.146. The van der Waals surface area contributed by atoms with E-state index in [2.05, 4.69) is 56.8 Å². The van der Waals surface area contributed by atoms with Crippen molar-refractivity contribution in [1.82, 2.24) is 30.7 Å². The highest BCUT2D eigenvalue weighted by atomic mass is 32.2. The Labute approximate surface area is 327 Å². The fourth-order valence-electron chi connectivity index (χ4n) is 6.39. The summed E-state index contributed by atoms with van der Waals surface area (Å²) in [5, 5.41) is 12.6. The van der Waals surface area contributed by atoms with Gasteiger partial charge in [-0.05, 0) is 43.2 Å². The number of rotatable bonds is 19. The van der Waals surface area contributed by atoms with Gasteiger partial charge in [0, 0.05) is 50.1 Å². The van der Waals surface area contributed by atoms with Gasteiger partial charge in [-0.25, -0.2) is 14.6 Å². The maximum Gasteiger partial charge on any atom is 0.407 e. The number of morpholine rings is 1. The van der Waals surface area contributed by atoms with Gasteiger partial charge in [0.1, 0.15) is 12.6 Å². The standard InChI is InChI=1S/C40H55N7O5S2/c1-29(2)38-43-34(27-53-38)25-46(3)39(49)45-36(16-17-47-18-20-51-21-19-47)37(48)42-32(22-30-10-6-4-7-11-30)14-15-33(23-31-12-8-5-9-13-31)44-40(50)52-26-35-24-41-28-54-35/h4-13,27-29,32-33,35-36H,14-26H2,1-3H3,(H,42,48)(H,44,50)(H,45,49)/t32-,33-,35?,36-/m1/s1. The Bertz CT molecular complexity index is 1610. The van der Waals surface area contributed by atoms with Crippen molar-refractivity contribution in [3.05, 3.63) is 87.9 Å². The van der Waals surface area contributed by atoms with Crippen molar-refractivity contribution in [1.29, 1.82) is 0 Å². The Morgan fingerprint density at radius 3 is 2.17 bits per heavy atom. The van der Waals surface area contributed by atoms with E-state index in [0.29, 0.717) is 70.9 Å². The number of hydrogen-bond donors (Lipinski definition) is 3. The van der Waals surface area contributed by atoms with E-state index in [1.807, 2.05) is 53.9 Å². The molecule has 1 unspecified atom stereocenters. The molecular weight excluding hydrogens is 723 g/mol. The van der Waals surface area contributed by atoms with Crippen molar-refractivity contribution < 1.29 is 23.9 Å². The summed E-state index contributed by atoms with van der Waals surface area (Å²) in [7, 11) is 1.73. The highest BCUT2D eigenvalue weighted by molar-refractivity contribution is 8.12. The third-order valence-corrected chi connectivity index (χ3v) is 11.6. The number of carbonyl (C=O) groups is 3. The second-order valence-electron chi connectivity index (χ2n) is 14.3. The van der Waals surface area contributed by atoms with Gasteiger partial charge < -0.3 is 30.3 Å². The predicted molar refractivity (Wildman–Crippen MR) is 216 cm³/mol. The molecule has 14 heteroatoms. The Balaban J connectivity index is 1.27. The first-order valence-corrected chi connectivity index (χ1v) is 20.8. The highest BCUT2D eigenvalue weighted by Gasteiger charge is 2.27. The maximum atomic E-state index is 14.2. The van der Waals surface area contributed by atoms with Crippen LogP contribution in [0.15, 0.2) is 71.0 Å². The molecule has 292 valence electrons. The van der Waals surface area contributed by atoms with Gasteiger partial charge in [0.25, 0.3) is 0 Å². The van der Waals surface area contributed by atoms with Crippen molar-refractivity contribution in [2.24, 2.45) is 4.99 Å². The molecule has 0 saturated carbocycles. The van der Waals surface area contributed by atoms with Gasteiger partial charge >= 0.3 is 12.1 Å². The van der Waals surface area contributed by atoms with Gasteiger partial charge in [0.15, 0.2) is 0 Å². The number of thiazole rings is 1. The molecule has 1 fully saturated rings. The predicted octanol–water partition coefficient (Wildman–Crippen LogP) is 5.49. The number of nitrogens with one attached hydrogen (secondary N) is 3. The smallest absolute Gasteiger partial charge is 0.407 e. The van der Waals surface area contributed by atoms with Gasteiger partial charge in [-0.2, -0.15) is 0 Å². The summed E-state index contributed by atoms with van der Waals surface area (Å²) in [6.07, 6.45) is 2.40. The average molecular weight is 778 g/mol. The van der Waals surface area contributed by atoms with Gasteiger partial charge in [0.05, 0.1) is 47.8 Å². The van der Waals surface area contributed by atoms with Crippen molar-refractivity contribution in [3.8, 4) is 0 Å². The molecule has 0 spiro atoms. The molecule has 4 amide bonds. The molecule has 2 aliphatic rings. The van der Waals surface area contributed by atoms with Crippen LogP contribution in [-0.4, -0.2) is 115 Å². The molecule has 0 aliphatic carbocycles. The van der Waals surface area contributed by atoms with Crippen molar-refractivity contribution in [3.63, 3.8) is 0 Å². The first kappa shape index (κ1) is 41.2. The summed E-state index contributed by atoms with van der Waals surface area (Å²) < 4.78 is 11.1. The second kappa shape index (κ2) is 21.8. The van der Waals surface area contributed by atoms with Crippen LogP contribution in [-0.2, 0) is 33.7 Å². The van der Waals surface area contributed by atoms with E-state index in [1.54, 1.807) is 40.6 Å². The van der Waals surface area contributed by atoms with E-state index >= 15 is 0 Å². The van der Waals surface area contributed by atoms with Crippen LogP contribution in [0.1, 0.15) is 60.9 Å². The summed E-state index contributed by atoms with van der Waals surface area (Å²) in [6, 6.07) is 18.5. The zero-order chi connectivity index (χ0) is 38.1. The summed E-state index contributed by atoms with van der Waals surface area (Å²) in [5.41, 5.74) is 4.81. The Hall–Kier alpha value is -3.98. The molecule has 1 saturated heterocycles. The topological polar surface area (TPSA) is 137 Å². The minimum Gasteiger partial charge on any atom is -0.448 e. The van der Waals surface area contributed by atoms with Crippen LogP contribution >= 0.6 is 23.1 Å². The molecular formula is C40H55N7O5S2. The van der Waals surface area contributed by atoms with Gasteiger partial charge in [-0.15, -0.1) is 23.1 Å². The van der Waals surface area contributed by atoms with E-state index < -0.39 is 12.1 Å². The van der Waals surface area contributed by atoms with Crippen LogP contribution in [0, 0.1) is 0 Å². The molecule has 2 aliphatic heterocycles. The minimum absolute atomic E-state index is 0.135. The Kier molecular flexibility index (Phi) is 16.6. The van der Waals surface area contributed by atoms with Gasteiger partial charge in [0.2, 0.25) is 5.91 Å². The second-order valence-corrected chi connectivity index (χ2v) is 16.3. The number of carbonyl (C=O) groups excluding carboxylic acids is 3. The van der Waals surface area contributed by atoms with Crippen LogP contribution in [0.3, 0.4) is 0 Å². The normalized spacial score (nSPS) is 17.4. The minimum atomic E-state index is -0.756. The van der Waals surface area contributed by atoms with Crippen molar-refractivity contribution in [2.75, 3.05) is 53.0 Å². The number of ether oxygens (including phenoxy) is 2. The maximum absolute atomic E-state index is 14.2. The number of thioether (sulfide) groups is 1. The lowest BCUT2D eigenvalue weighted by Crippen LogP contribution is -2.54. The van der Waals surface area contributed by atoms with Gasteiger partial charge in [-0.3, -0.25) is 14.7 Å². The third-order valence-electron chi connectivity index (χ3n) is 9.48. The summed E-state index contributed by atoms with van der Waals surface area (Å²) in [6.45, 7) is 8.99. The van der Waals surface area contributed by atoms with E-state index in [9.17, 15) is 14.4 Å². The van der Waals surface area contributed by atoms with Crippen LogP contribution in [0.4, 0.5) is 9.59 Å². The number of benzene rings is 2. The molecule has 0 bridgehead atoms. The summed E-state index contributed by atoms with van der Waals surface area (Å²) in [5.74, 6) is 0.0828. The van der Waals surface area contributed by atoms with Crippen LogP contribution < -0.4 is 16.0 Å². The molecule has 4 atom stereocenters. The van der Waals surface area contributed by atoms with E-state index in [4.69, 9.17) is 9.47 Å². The number of alkyl carbamates (subject to hydrolysis) is 1. The highest BCUT2D eigenvalue weighted by Crippen LogP contribution is 2.20. The first-order valence-electron chi connectivity index (χ1n) is 18.9. The fourth-order valence-corrected chi connectivity index (χ4v) is 7.88. The van der Waals surface area contributed by atoms with Crippen molar-refractivity contribution >= 4 is 46.7 Å². The summed E-state index contributed by atoms with van der Waals surface area (Å²) in [4.78, 5) is 53.6. The number of nitrogens with zero attached hydrogens (tertiary/aromatic N) is 4.